The van der Waals surface area contributed by atoms with Crippen LogP contribution in [0, 0.1) is 12.7 Å². The van der Waals surface area contributed by atoms with Gasteiger partial charge in [-0.3, -0.25) is 9.59 Å². The zero-order valence-corrected chi connectivity index (χ0v) is 15.7. The summed E-state index contributed by atoms with van der Waals surface area (Å²) in [5.41, 5.74) is 1.16. The minimum atomic E-state index is -0.699. The first kappa shape index (κ1) is 18.5. The van der Waals surface area contributed by atoms with Gasteiger partial charge in [-0.1, -0.05) is 17.3 Å². The number of piperidine rings is 1. The second-order valence-electron chi connectivity index (χ2n) is 7.21. The van der Waals surface area contributed by atoms with Crippen molar-refractivity contribution in [2.45, 2.75) is 38.3 Å². The molecule has 3 heterocycles. The third kappa shape index (κ3) is 3.37. The van der Waals surface area contributed by atoms with Crippen LogP contribution in [0.25, 0.3) is 0 Å². The Labute approximate surface area is 162 Å². The van der Waals surface area contributed by atoms with Crippen molar-refractivity contribution < 1.29 is 14.0 Å². The van der Waals surface area contributed by atoms with E-state index in [1.807, 2.05) is 6.92 Å². The number of aromatic nitrogens is 3. The fourth-order valence-corrected chi connectivity index (χ4v) is 3.90. The van der Waals surface area contributed by atoms with Crippen LogP contribution in [0.3, 0.4) is 0 Å². The molecule has 0 saturated carbocycles. The van der Waals surface area contributed by atoms with Gasteiger partial charge >= 0.3 is 0 Å². The molecule has 2 saturated heterocycles. The number of benzene rings is 1. The molecule has 2 fully saturated rings. The normalized spacial score (nSPS) is 20.6. The van der Waals surface area contributed by atoms with E-state index in [4.69, 9.17) is 0 Å². The summed E-state index contributed by atoms with van der Waals surface area (Å²) < 4.78 is 15.8. The van der Waals surface area contributed by atoms with Gasteiger partial charge in [0.25, 0.3) is 5.91 Å². The molecule has 0 bridgehead atoms. The smallest absolute Gasteiger partial charge is 0.274 e. The highest BCUT2D eigenvalue weighted by molar-refractivity contribution is 6.03. The van der Waals surface area contributed by atoms with Crippen LogP contribution in [-0.4, -0.2) is 52.5 Å². The number of para-hydroxylation sites is 1. The van der Waals surface area contributed by atoms with Gasteiger partial charge in [0.05, 0.1) is 17.4 Å². The van der Waals surface area contributed by atoms with E-state index in [0.29, 0.717) is 18.7 Å². The Balaban J connectivity index is 1.45. The summed E-state index contributed by atoms with van der Waals surface area (Å²) in [5.74, 6) is -1.20. The lowest BCUT2D eigenvalue weighted by Crippen LogP contribution is -2.42. The molecule has 0 aliphatic carbocycles. The lowest BCUT2D eigenvalue weighted by molar-refractivity contribution is -0.118. The predicted octanol–water partition coefficient (Wildman–Crippen LogP) is 1.19. The fraction of sp³-hybridized carbons (Fsp3) is 0.474. The van der Waals surface area contributed by atoms with Crippen molar-refractivity contribution in [3.8, 4) is 0 Å². The molecule has 4 rings (SSSR count). The minimum Gasteiger partial charge on any atom is -0.339 e. The molecular weight excluding hydrogens is 363 g/mol. The molecule has 2 N–H and O–H groups in total. The van der Waals surface area contributed by atoms with Gasteiger partial charge < -0.3 is 15.5 Å². The maximum Gasteiger partial charge on any atom is 0.274 e. The molecule has 9 heteroatoms. The highest BCUT2D eigenvalue weighted by Crippen LogP contribution is 2.25. The molecule has 8 nitrogen and oxygen atoms in total. The van der Waals surface area contributed by atoms with Crippen molar-refractivity contribution in [2.75, 3.05) is 24.5 Å². The first-order valence-corrected chi connectivity index (χ1v) is 9.55. The molecule has 148 valence electrons. The van der Waals surface area contributed by atoms with Crippen LogP contribution in [0.4, 0.5) is 10.1 Å². The highest BCUT2D eigenvalue weighted by atomic mass is 19.1. The summed E-state index contributed by atoms with van der Waals surface area (Å²) in [6.07, 6.45) is 2.29. The van der Waals surface area contributed by atoms with Crippen LogP contribution in [0.1, 0.15) is 41.5 Å². The van der Waals surface area contributed by atoms with Crippen LogP contribution in [0.2, 0.25) is 0 Å². The van der Waals surface area contributed by atoms with Crippen molar-refractivity contribution in [1.29, 1.82) is 0 Å². The molecule has 2 amide bonds. The van der Waals surface area contributed by atoms with Gasteiger partial charge in [0, 0.05) is 6.54 Å². The molecular formula is C19H23FN6O2. The zero-order chi connectivity index (χ0) is 19.7. The standard InChI is InChI=1S/C19H23FN6O2/c1-12-17(23-24-26(12)13-6-9-21-10-7-13)18(27)22-15-8-11-25(19(15)28)16-5-3-2-4-14(16)20/h2-5,13,15,21H,6-11H2,1H3,(H,22,27). The number of carbonyl (C=O) groups excluding carboxylic acids is 2. The monoisotopic (exact) mass is 386 g/mol. The minimum absolute atomic E-state index is 0.222. The van der Waals surface area contributed by atoms with Crippen LogP contribution < -0.4 is 15.5 Å². The number of rotatable bonds is 4. The molecule has 1 unspecified atom stereocenters. The van der Waals surface area contributed by atoms with E-state index in [0.717, 1.165) is 25.9 Å². The number of carbonyl (C=O) groups is 2. The first-order chi connectivity index (χ1) is 13.6. The van der Waals surface area contributed by atoms with Crippen molar-refractivity contribution in [1.82, 2.24) is 25.6 Å². The number of amides is 2. The van der Waals surface area contributed by atoms with Crippen molar-refractivity contribution >= 4 is 17.5 Å². The maximum atomic E-state index is 14.0. The summed E-state index contributed by atoms with van der Waals surface area (Å²) in [5, 5.41) is 14.2. The van der Waals surface area contributed by atoms with Crippen molar-refractivity contribution in [2.24, 2.45) is 0 Å². The fourth-order valence-electron chi connectivity index (χ4n) is 3.90. The molecule has 28 heavy (non-hydrogen) atoms. The van der Waals surface area contributed by atoms with E-state index >= 15 is 0 Å². The average Bonchev–Trinajstić information content (AvgIpc) is 3.26. The summed E-state index contributed by atoms with van der Waals surface area (Å²) in [4.78, 5) is 26.7. The van der Waals surface area contributed by atoms with E-state index in [1.165, 1.54) is 11.0 Å². The quantitative estimate of drug-likeness (QED) is 0.823. The van der Waals surface area contributed by atoms with E-state index < -0.39 is 17.8 Å². The Bertz CT molecular complexity index is 892. The number of nitrogens with zero attached hydrogens (tertiary/aromatic N) is 4. The molecule has 1 atom stereocenters. The topological polar surface area (TPSA) is 92.2 Å². The van der Waals surface area contributed by atoms with Crippen molar-refractivity contribution in [3.63, 3.8) is 0 Å². The van der Waals surface area contributed by atoms with Gasteiger partial charge in [-0.25, -0.2) is 9.07 Å². The Morgan fingerprint density at radius 3 is 2.75 bits per heavy atom. The SMILES string of the molecule is Cc1c(C(=O)NC2CCN(c3ccccc3F)C2=O)nnn1C1CCNCC1. The summed E-state index contributed by atoms with van der Waals surface area (Å²) in [6, 6.07) is 5.66. The lowest BCUT2D eigenvalue weighted by atomic mass is 10.1. The highest BCUT2D eigenvalue weighted by Gasteiger charge is 2.35. The van der Waals surface area contributed by atoms with Gasteiger partial charge in [-0.15, -0.1) is 5.10 Å². The van der Waals surface area contributed by atoms with Crippen LogP contribution in [0.5, 0.6) is 0 Å². The molecule has 2 aliphatic heterocycles. The maximum absolute atomic E-state index is 14.0. The summed E-state index contributed by atoms with van der Waals surface area (Å²) in [7, 11) is 0. The number of hydrogen-bond acceptors (Lipinski definition) is 5. The van der Waals surface area contributed by atoms with Crippen molar-refractivity contribution in [3.05, 3.63) is 41.5 Å². The van der Waals surface area contributed by atoms with Crippen LogP contribution >= 0.6 is 0 Å². The first-order valence-electron chi connectivity index (χ1n) is 9.55. The molecule has 2 aliphatic rings. The Morgan fingerprint density at radius 1 is 1.25 bits per heavy atom. The van der Waals surface area contributed by atoms with Gasteiger partial charge in [-0.05, 0) is 51.4 Å². The zero-order valence-electron chi connectivity index (χ0n) is 15.7. The van der Waals surface area contributed by atoms with Gasteiger partial charge in [0.2, 0.25) is 5.91 Å². The van der Waals surface area contributed by atoms with Gasteiger partial charge in [0.15, 0.2) is 5.69 Å². The second kappa shape index (κ2) is 7.67. The number of hydrogen-bond donors (Lipinski definition) is 2. The van der Waals surface area contributed by atoms with E-state index in [1.54, 1.807) is 22.9 Å². The molecule has 0 spiro atoms. The lowest BCUT2D eigenvalue weighted by Gasteiger charge is -2.23. The second-order valence-corrected chi connectivity index (χ2v) is 7.21. The molecule has 1 aromatic carbocycles. The van der Waals surface area contributed by atoms with Crippen LogP contribution in [0.15, 0.2) is 24.3 Å². The molecule has 2 aromatic rings. The largest absolute Gasteiger partial charge is 0.339 e. The van der Waals surface area contributed by atoms with Gasteiger partial charge in [0.1, 0.15) is 11.9 Å². The molecule has 1 aromatic heterocycles. The third-order valence-electron chi connectivity index (χ3n) is 5.45. The van der Waals surface area contributed by atoms with E-state index in [-0.39, 0.29) is 23.3 Å². The van der Waals surface area contributed by atoms with E-state index in [9.17, 15) is 14.0 Å². The van der Waals surface area contributed by atoms with Crippen LogP contribution in [-0.2, 0) is 4.79 Å². The Hall–Kier alpha value is -2.81. The summed E-state index contributed by atoms with van der Waals surface area (Å²) in [6.45, 7) is 3.99. The van der Waals surface area contributed by atoms with E-state index in [2.05, 4.69) is 20.9 Å². The van der Waals surface area contributed by atoms with Gasteiger partial charge in [-0.2, -0.15) is 0 Å². The number of halogens is 1. The average molecular weight is 386 g/mol. The summed E-state index contributed by atoms with van der Waals surface area (Å²) >= 11 is 0. The number of anilines is 1. The predicted molar refractivity (Wildman–Crippen MR) is 101 cm³/mol. The number of nitrogens with one attached hydrogen (secondary N) is 2. The Kier molecular flexibility index (Phi) is 5.08. The third-order valence-corrected chi connectivity index (χ3v) is 5.45. The molecule has 0 radical (unpaired) electrons. The Morgan fingerprint density at radius 2 is 2.00 bits per heavy atom.